The molecular formula is C14H15ClN4O. The number of rotatable bonds is 4. The summed E-state index contributed by atoms with van der Waals surface area (Å²) in [5, 5.41) is 0.167. The van der Waals surface area contributed by atoms with Gasteiger partial charge in [-0.1, -0.05) is 11.6 Å². The van der Waals surface area contributed by atoms with Crippen molar-refractivity contribution in [2.75, 3.05) is 19.3 Å². The van der Waals surface area contributed by atoms with Crippen LogP contribution in [0.3, 0.4) is 0 Å². The fourth-order valence-corrected chi connectivity index (χ4v) is 1.95. The Labute approximate surface area is 122 Å². The van der Waals surface area contributed by atoms with Gasteiger partial charge in [-0.3, -0.25) is 9.78 Å². The molecule has 2 heterocycles. The quantitative estimate of drug-likeness (QED) is 0.875. The summed E-state index contributed by atoms with van der Waals surface area (Å²) in [6, 6.07) is 5.39. The molecule has 0 unspecified atom stereocenters. The first-order chi connectivity index (χ1) is 9.58. The van der Waals surface area contributed by atoms with Crippen LogP contribution in [0.1, 0.15) is 15.9 Å². The second-order valence-corrected chi connectivity index (χ2v) is 4.80. The van der Waals surface area contributed by atoms with Crippen molar-refractivity contribution in [1.29, 1.82) is 0 Å². The monoisotopic (exact) mass is 290 g/mol. The number of nitrogens with two attached hydrogens (primary N) is 1. The zero-order valence-corrected chi connectivity index (χ0v) is 11.8. The summed E-state index contributed by atoms with van der Waals surface area (Å²) in [5.74, 6) is -0.191. The highest BCUT2D eigenvalue weighted by molar-refractivity contribution is 6.32. The van der Waals surface area contributed by atoms with Gasteiger partial charge >= 0.3 is 0 Å². The molecule has 2 aromatic heterocycles. The molecule has 2 rings (SSSR count). The number of anilines is 1. The van der Waals surface area contributed by atoms with Gasteiger partial charge in [0.2, 0.25) is 0 Å². The Bertz CT molecular complexity index is 603. The van der Waals surface area contributed by atoms with Crippen molar-refractivity contribution in [3.8, 4) is 0 Å². The van der Waals surface area contributed by atoms with Gasteiger partial charge in [-0.05, 0) is 30.2 Å². The summed E-state index contributed by atoms with van der Waals surface area (Å²) < 4.78 is 0. The van der Waals surface area contributed by atoms with Gasteiger partial charge in [-0.2, -0.15) is 0 Å². The highest BCUT2D eigenvalue weighted by Gasteiger charge is 2.16. The second-order valence-electron chi connectivity index (χ2n) is 4.44. The maximum atomic E-state index is 12.3. The number of carbonyl (C=O) groups excluding carboxylic acids is 1. The van der Waals surface area contributed by atoms with E-state index < -0.39 is 0 Å². The van der Waals surface area contributed by atoms with E-state index in [1.54, 1.807) is 30.4 Å². The highest BCUT2D eigenvalue weighted by atomic mass is 35.5. The molecule has 0 aliphatic carbocycles. The molecule has 0 atom stereocenters. The number of nitrogens with zero attached hydrogens (tertiary/aromatic N) is 3. The van der Waals surface area contributed by atoms with E-state index in [2.05, 4.69) is 9.97 Å². The number of pyridine rings is 2. The number of hydrogen-bond acceptors (Lipinski definition) is 4. The minimum Gasteiger partial charge on any atom is -0.397 e. The zero-order chi connectivity index (χ0) is 14.5. The van der Waals surface area contributed by atoms with Crippen LogP contribution in [-0.4, -0.2) is 34.4 Å². The molecule has 1 amide bonds. The third-order valence-electron chi connectivity index (χ3n) is 2.92. The van der Waals surface area contributed by atoms with Crippen LogP contribution in [0.25, 0.3) is 0 Å². The van der Waals surface area contributed by atoms with Crippen LogP contribution < -0.4 is 5.73 Å². The largest absolute Gasteiger partial charge is 0.397 e. The number of nitrogen functional groups attached to an aromatic ring is 1. The fraction of sp³-hybridized carbons (Fsp3) is 0.214. The molecule has 6 heteroatoms. The lowest BCUT2D eigenvalue weighted by molar-refractivity contribution is 0.0796. The van der Waals surface area contributed by atoms with Gasteiger partial charge in [-0.25, -0.2) is 4.98 Å². The van der Waals surface area contributed by atoms with Crippen LogP contribution in [0.4, 0.5) is 5.69 Å². The molecule has 2 N–H and O–H groups in total. The molecule has 0 radical (unpaired) electrons. The summed E-state index contributed by atoms with van der Waals surface area (Å²) in [6.07, 6.45) is 5.64. The first kappa shape index (κ1) is 14.3. The first-order valence-electron chi connectivity index (χ1n) is 6.13. The van der Waals surface area contributed by atoms with Gasteiger partial charge in [0, 0.05) is 26.0 Å². The molecule has 2 aromatic rings. The van der Waals surface area contributed by atoms with Crippen molar-refractivity contribution in [2.24, 2.45) is 0 Å². The number of hydrogen-bond donors (Lipinski definition) is 1. The van der Waals surface area contributed by atoms with Crippen molar-refractivity contribution in [3.05, 3.63) is 53.1 Å². The number of likely N-dealkylation sites (N-methyl/N-ethyl adjacent to an activating group) is 1. The van der Waals surface area contributed by atoms with E-state index in [4.69, 9.17) is 17.3 Å². The second kappa shape index (κ2) is 6.34. The van der Waals surface area contributed by atoms with Crippen molar-refractivity contribution in [1.82, 2.24) is 14.9 Å². The lowest BCUT2D eigenvalue weighted by atomic mass is 10.2. The summed E-state index contributed by atoms with van der Waals surface area (Å²) >= 11 is 5.93. The topological polar surface area (TPSA) is 72.1 Å². The number of halogens is 1. The normalized spacial score (nSPS) is 10.3. The van der Waals surface area contributed by atoms with Gasteiger partial charge in [0.25, 0.3) is 5.91 Å². The van der Waals surface area contributed by atoms with E-state index in [9.17, 15) is 4.79 Å². The summed E-state index contributed by atoms with van der Waals surface area (Å²) in [4.78, 5) is 21.7. The minimum atomic E-state index is -0.191. The van der Waals surface area contributed by atoms with Gasteiger partial charge in [0.05, 0.1) is 17.4 Å². The summed E-state index contributed by atoms with van der Waals surface area (Å²) in [7, 11) is 1.73. The third kappa shape index (κ3) is 3.45. The van der Waals surface area contributed by atoms with Gasteiger partial charge in [-0.15, -0.1) is 0 Å². The van der Waals surface area contributed by atoms with E-state index in [-0.39, 0.29) is 11.1 Å². The van der Waals surface area contributed by atoms with E-state index in [1.807, 2.05) is 12.1 Å². The van der Waals surface area contributed by atoms with E-state index in [1.165, 1.54) is 6.20 Å². The molecule has 104 valence electrons. The Kier molecular flexibility index (Phi) is 4.53. The van der Waals surface area contributed by atoms with Crippen LogP contribution in [0, 0.1) is 0 Å². The smallest absolute Gasteiger partial charge is 0.256 e. The van der Waals surface area contributed by atoms with Crippen LogP contribution in [0.15, 0.2) is 36.8 Å². The average Bonchev–Trinajstić information content (AvgIpc) is 2.47. The Balaban J connectivity index is 2.03. The molecule has 0 fully saturated rings. The fourth-order valence-electron chi connectivity index (χ4n) is 1.77. The Morgan fingerprint density at radius 2 is 2.10 bits per heavy atom. The number of carbonyl (C=O) groups is 1. The zero-order valence-electron chi connectivity index (χ0n) is 11.1. The molecular weight excluding hydrogens is 276 g/mol. The summed E-state index contributed by atoms with van der Waals surface area (Å²) in [5.41, 5.74) is 7.49. The molecule has 0 aromatic carbocycles. The molecule has 0 aliphatic rings. The lowest BCUT2D eigenvalue weighted by Crippen LogP contribution is -2.29. The highest BCUT2D eigenvalue weighted by Crippen LogP contribution is 2.17. The Morgan fingerprint density at radius 1 is 1.40 bits per heavy atom. The van der Waals surface area contributed by atoms with Crippen molar-refractivity contribution < 1.29 is 4.79 Å². The maximum absolute atomic E-state index is 12.3. The van der Waals surface area contributed by atoms with Gasteiger partial charge < -0.3 is 10.6 Å². The van der Waals surface area contributed by atoms with E-state index in [0.717, 1.165) is 12.0 Å². The Hall–Kier alpha value is -2.14. The van der Waals surface area contributed by atoms with Crippen LogP contribution in [0.2, 0.25) is 5.15 Å². The summed E-state index contributed by atoms with van der Waals surface area (Å²) in [6.45, 7) is 0.577. The van der Waals surface area contributed by atoms with E-state index >= 15 is 0 Å². The number of aromatic nitrogens is 2. The molecule has 0 aliphatic heterocycles. The van der Waals surface area contributed by atoms with Crippen molar-refractivity contribution >= 4 is 23.2 Å². The average molecular weight is 291 g/mol. The van der Waals surface area contributed by atoms with Gasteiger partial charge in [0.15, 0.2) is 0 Å². The van der Waals surface area contributed by atoms with Crippen LogP contribution in [0.5, 0.6) is 0 Å². The van der Waals surface area contributed by atoms with Gasteiger partial charge in [0.1, 0.15) is 5.15 Å². The standard InChI is InChI=1S/C14H15ClN4O/c1-19(7-4-10-2-5-17-6-3-10)14(20)12-8-11(16)9-18-13(12)15/h2-3,5-6,8-9H,4,7,16H2,1H3. The van der Waals surface area contributed by atoms with Crippen molar-refractivity contribution in [3.63, 3.8) is 0 Å². The first-order valence-corrected chi connectivity index (χ1v) is 6.51. The molecule has 0 saturated heterocycles. The molecule has 0 saturated carbocycles. The molecule has 0 spiro atoms. The third-order valence-corrected chi connectivity index (χ3v) is 3.22. The minimum absolute atomic E-state index is 0.167. The van der Waals surface area contributed by atoms with Crippen LogP contribution >= 0.6 is 11.6 Å². The predicted molar refractivity (Wildman–Crippen MR) is 78.6 cm³/mol. The molecule has 0 bridgehead atoms. The lowest BCUT2D eigenvalue weighted by Gasteiger charge is -2.17. The van der Waals surface area contributed by atoms with Crippen LogP contribution in [-0.2, 0) is 6.42 Å². The molecule has 20 heavy (non-hydrogen) atoms. The molecule has 5 nitrogen and oxygen atoms in total. The SMILES string of the molecule is CN(CCc1ccncc1)C(=O)c1cc(N)cnc1Cl. The van der Waals surface area contributed by atoms with Crippen molar-refractivity contribution in [2.45, 2.75) is 6.42 Å². The maximum Gasteiger partial charge on any atom is 0.256 e. The van der Waals surface area contributed by atoms with E-state index in [0.29, 0.717) is 17.8 Å². The number of amides is 1. The predicted octanol–water partition coefficient (Wildman–Crippen LogP) is 2.03. The Morgan fingerprint density at radius 3 is 2.80 bits per heavy atom.